The Balaban J connectivity index is 0.000000182. The molecule has 4 bridgehead atoms. The number of hydrogen-bond acceptors (Lipinski definition) is 8. The van der Waals surface area contributed by atoms with Crippen LogP contribution in [-0.4, -0.2) is 96.3 Å². The largest absolute Gasteiger partial charge is 0.504 e. The van der Waals surface area contributed by atoms with Crippen LogP contribution in [0.2, 0.25) is 0 Å². The molecule has 284 valence electrons. The average Bonchev–Trinajstić information content (AvgIpc) is 3.87. The van der Waals surface area contributed by atoms with E-state index in [9.17, 15) is 15.0 Å². The van der Waals surface area contributed by atoms with E-state index in [0.29, 0.717) is 18.4 Å². The number of fused-ring (bicyclic) bond motifs is 2. The van der Waals surface area contributed by atoms with Gasteiger partial charge in [-0.1, -0.05) is 57.2 Å². The number of carbonyl (C=O) groups is 1. The van der Waals surface area contributed by atoms with Crippen LogP contribution in [0.4, 0.5) is 0 Å². The van der Waals surface area contributed by atoms with E-state index in [1.807, 2.05) is 57.4 Å². The molecule has 2 aromatic carbocycles. The van der Waals surface area contributed by atoms with Crippen molar-refractivity contribution in [2.75, 3.05) is 46.9 Å². The number of phenols is 1. The Labute approximate surface area is 311 Å². The zero-order valence-corrected chi connectivity index (χ0v) is 32.7. The van der Waals surface area contributed by atoms with Crippen molar-refractivity contribution in [1.82, 2.24) is 9.80 Å². The molecule has 3 aliphatic heterocycles. The Morgan fingerprint density at radius 3 is 2.33 bits per heavy atom. The standard InChI is InChI=1S/C29H41NO4.C15H21NO2/c1-25(2,3)26(4,32)20-15-27-10-11-29(20,33-5)24-28(27)12-13-30(16-17-6-7-17)21(27)14-18-8-9-19(31)23(34-24)22(18)28;1-3-18-14(17)15(9-11-16(2)12-10-15)13-7-5-4-6-8-13/h8-9,17,20-21,24,31-32H,6-7,10-16H2,1-5H3;4-8H,3,9-12H2,1-2H3/t20-,21-,24-,26+,27-,28+,29+;/m1./s1. The maximum atomic E-state index is 12.4. The molecule has 2 saturated heterocycles. The molecule has 8 nitrogen and oxygen atoms in total. The first-order valence-electron chi connectivity index (χ1n) is 20.2. The van der Waals surface area contributed by atoms with E-state index in [1.165, 1.54) is 30.5 Å². The first-order chi connectivity index (χ1) is 24.7. The number of benzene rings is 2. The van der Waals surface area contributed by atoms with Crippen molar-refractivity contribution in [3.63, 3.8) is 0 Å². The van der Waals surface area contributed by atoms with Gasteiger partial charge in [-0.15, -0.1) is 0 Å². The smallest absolute Gasteiger partial charge is 0.316 e. The highest BCUT2D eigenvalue weighted by molar-refractivity contribution is 5.83. The molecular weight excluding hydrogens is 652 g/mol. The summed E-state index contributed by atoms with van der Waals surface area (Å²) in [6.45, 7) is 15.0. The second-order valence-electron chi connectivity index (χ2n) is 18.8. The Bertz CT molecular complexity index is 1680. The second kappa shape index (κ2) is 12.4. The van der Waals surface area contributed by atoms with Gasteiger partial charge in [-0.3, -0.25) is 9.69 Å². The number of piperidine rings is 2. The molecule has 8 aliphatic rings. The van der Waals surface area contributed by atoms with Crippen molar-refractivity contribution in [1.29, 1.82) is 0 Å². The molecule has 8 heteroatoms. The molecule has 5 aliphatic carbocycles. The number of nitrogens with zero attached hydrogens (tertiary/aromatic N) is 2. The fourth-order valence-electron chi connectivity index (χ4n) is 12.2. The molecule has 2 N–H and O–H groups in total. The van der Waals surface area contributed by atoms with E-state index in [0.717, 1.165) is 76.1 Å². The Kier molecular flexibility index (Phi) is 8.69. The van der Waals surface area contributed by atoms with Gasteiger partial charge in [0.1, 0.15) is 11.7 Å². The zero-order valence-electron chi connectivity index (χ0n) is 32.7. The monoisotopic (exact) mass is 714 g/mol. The normalized spacial score (nSPS) is 35.4. The Morgan fingerprint density at radius 1 is 0.981 bits per heavy atom. The molecule has 2 aromatic rings. The molecule has 0 unspecified atom stereocenters. The predicted octanol–water partition coefficient (Wildman–Crippen LogP) is 6.63. The lowest BCUT2D eigenvalue weighted by molar-refractivity contribution is -0.312. The number of carbonyl (C=O) groups excluding carboxylic acids is 1. The second-order valence-corrected chi connectivity index (χ2v) is 18.8. The molecule has 10 rings (SSSR count). The van der Waals surface area contributed by atoms with Gasteiger partial charge in [0, 0.05) is 42.0 Å². The lowest BCUT2D eigenvalue weighted by Gasteiger charge is -2.75. The minimum Gasteiger partial charge on any atom is -0.504 e. The number of methoxy groups -OCH3 is 1. The van der Waals surface area contributed by atoms with Crippen LogP contribution < -0.4 is 4.74 Å². The summed E-state index contributed by atoms with van der Waals surface area (Å²) >= 11 is 0. The fraction of sp³-hybridized carbons (Fsp3) is 0.705. The highest BCUT2D eigenvalue weighted by atomic mass is 16.6. The first kappa shape index (κ1) is 36.3. The number of phenolic OH excluding ortho intramolecular Hbond substituents is 1. The molecule has 0 amide bonds. The molecule has 7 atom stereocenters. The average molecular weight is 715 g/mol. The third-order valence-electron chi connectivity index (χ3n) is 15.7. The van der Waals surface area contributed by atoms with Crippen molar-refractivity contribution in [2.24, 2.45) is 22.7 Å². The summed E-state index contributed by atoms with van der Waals surface area (Å²) in [4.78, 5) is 17.5. The quantitative estimate of drug-likeness (QED) is 0.309. The van der Waals surface area contributed by atoms with Gasteiger partial charge in [0.05, 0.1) is 17.6 Å². The van der Waals surface area contributed by atoms with Crippen LogP contribution in [-0.2, 0) is 31.5 Å². The zero-order chi connectivity index (χ0) is 36.9. The summed E-state index contributed by atoms with van der Waals surface area (Å²) in [5.74, 6) is 1.74. The van der Waals surface area contributed by atoms with Gasteiger partial charge in [-0.05, 0) is 127 Å². The van der Waals surface area contributed by atoms with Gasteiger partial charge in [0.25, 0.3) is 0 Å². The maximum absolute atomic E-state index is 12.4. The molecule has 0 aromatic heterocycles. The Morgan fingerprint density at radius 2 is 1.69 bits per heavy atom. The molecule has 2 spiro atoms. The summed E-state index contributed by atoms with van der Waals surface area (Å²) in [5.41, 5.74) is 1.44. The van der Waals surface area contributed by atoms with Crippen LogP contribution in [0.5, 0.6) is 11.5 Å². The summed E-state index contributed by atoms with van der Waals surface area (Å²) < 4.78 is 18.8. The van der Waals surface area contributed by atoms with E-state index < -0.39 is 16.6 Å². The third kappa shape index (κ3) is 4.95. The third-order valence-corrected chi connectivity index (χ3v) is 15.7. The number of esters is 1. The van der Waals surface area contributed by atoms with Crippen LogP contribution in [0, 0.1) is 22.7 Å². The Hall–Kier alpha value is -2.65. The molecule has 0 radical (unpaired) electrons. The number of rotatable bonds is 7. The number of likely N-dealkylation sites (tertiary alicyclic amines) is 2. The number of aromatic hydroxyl groups is 1. The summed E-state index contributed by atoms with van der Waals surface area (Å²) in [5, 5.41) is 23.2. The molecule has 4 saturated carbocycles. The van der Waals surface area contributed by atoms with Gasteiger partial charge in [0.2, 0.25) is 0 Å². The summed E-state index contributed by atoms with van der Waals surface area (Å²) in [7, 11) is 3.93. The van der Waals surface area contributed by atoms with Crippen LogP contribution in [0.25, 0.3) is 0 Å². The number of hydrogen-bond donors (Lipinski definition) is 2. The number of ether oxygens (including phenoxy) is 3. The predicted molar refractivity (Wildman–Crippen MR) is 202 cm³/mol. The highest BCUT2D eigenvalue weighted by Gasteiger charge is 2.82. The first-order valence-corrected chi connectivity index (χ1v) is 20.2. The van der Waals surface area contributed by atoms with Crippen molar-refractivity contribution in [2.45, 2.75) is 127 Å². The van der Waals surface area contributed by atoms with Gasteiger partial charge >= 0.3 is 5.97 Å². The SMILES string of the molecule is CCOC(=O)C1(c2ccccc2)CCN(C)CC1.CO[C@@]12CC[C@@]3(C[C@@H]1[C@](C)(O)C(C)(C)C)[C@H]1Cc4ccc(O)c5c4[C@@]3(CCN1CC1CC1)[C@H]2O5. The molecular formula is C44H62N2O6. The van der Waals surface area contributed by atoms with Gasteiger partial charge in [-0.2, -0.15) is 0 Å². The molecule has 3 heterocycles. The topological polar surface area (TPSA) is 91.7 Å². The van der Waals surface area contributed by atoms with Crippen molar-refractivity contribution in [3.8, 4) is 11.5 Å². The van der Waals surface area contributed by atoms with E-state index in [2.05, 4.69) is 43.7 Å². The van der Waals surface area contributed by atoms with Gasteiger partial charge < -0.3 is 29.3 Å². The van der Waals surface area contributed by atoms with Crippen LogP contribution >= 0.6 is 0 Å². The van der Waals surface area contributed by atoms with Gasteiger partial charge in [0.15, 0.2) is 11.5 Å². The highest BCUT2D eigenvalue weighted by Crippen LogP contribution is 2.78. The molecule has 6 fully saturated rings. The van der Waals surface area contributed by atoms with Crippen LogP contribution in [0.1, 0.15) is 103 Å². The van der Waals surface area contributed by atoms with Crippen molar-refractivity contribution in [3.05, 3.63) is 59.2 Å². The lowest BCUT2D eigenvalue weighted by atomic mass is 9.33. The van der Waals surface area contributed by atoms with Crippen molar-refractivity contribution >= 4 is 5.97 Å². The lowest BCUT2D eigenvalue weighted by Crippen LogP contribution is -2.83. The van der Waals surface area contributed by atoms with Crippen LogP contribution in [0.15, 0.2) is 42.5 Å². The van der Waals surface area contributed by atoms with Crippen molar-refractivity contribution < 1.29 is 29.2 Å². The van der Waals surface area contributed by atoms with E-state index in [-0.39, 0.29) is 40.0 Å². The summed E-state index contributed by atoms with van der Waals surface area (Å²) in [6.07, 6.45) is 9.31. The summed E-state index contributed by atoms with van der Waals surface area (Å²) in [6, 6.07) is 14.5. The van der Waals surface area contributed by atoms with E-state index >= 15 is 0 Å². The minimum atomic E-state index is -0.909. The fourth-order valence-corrected chi connectivity index (χ4v) is 12.2. The maximum Gasteiger partial charge on any atom is 0.316 e. The van der Waals surface area contributed by atoms with E-state index in [1.54, 1.807) is 0 Å². The number of aliphatic hydroxyl groups is 1. The molecule has 52 heavy (non-hydrogen) atoms. The van der Waals surface area contributed by atoms with E-state index in [4.69, 9.17) is 14.2 Å². The van der Waals surface area contributed by atoms with Gasteiger partial charge in [-0.25, -0.2) is 0 Å². The van der Waals surface area contributed by atoms with Crippen LogP contribution in [0.3, 0.4) is 0 Å². The minimum absolute atomic E-state index is 0.0294.